The van der Waals surface area contributed by atoms with Crippen LogP contribution >= 0.6 is 0 Å². The number of carbonyl (C=O) groups excluding carboxylic acids is 1. The first kappa shape index (κ1) is 18.0. The molecule has 0 aliphatic heterocycles. The summed E-state index contributed by atoms with van der Waals surface area (Å²) in [5.74, 6) is 0.745. The van der Waals surface area contributed by atoms with E-state index in [0.29, 0.717) is 17.4 Å². The SMILES string of the molecule is Cn1cc(-c2cccc(NC(=O)Nc3ccc(-c4nnnn4C4CC4)cc3)c2)nn1. The monoisotopic (exact) mass is 401 g/mol. The number of hydrogen-bond acceptors (Lipinski definition) is 6. The number of anilines is 2. The van der Waals surface area contributed by atoms with E-state index < -0.39 is 0 Å². The largest absolute Gasteiger partial charge is 0.323 e. The summed E-state index contributed by atoms with van der Waals surface area (Å²) in [5, 5.41) is 25.7. The van der Waals surface area contributed by atoms with Crippen LogP contribution in [-0.4, -0.2) is 41.2 Å². The Bertz CT molecular complexity index is 1190. The highest BCUT2D eigenvalue weighted by Crippen LogP contribution is 2.36. The van der Waals surface area contributed by atoms with E-state index in [-0.39, 0.29) is 6.03 Å². The molecule has 1 saturated carbocycles. The lowest BCUT2D eigenvalue weighted by atomic mass is 10.1. The van der Waals surface area contributed by atoms with Gasteiger partial charge in [-0.3, -0.25) is 4.68 Å². The van der Waals surface area contributed by atoms with Crippen LogP contribution < -0.4 is 10.6 Å². The van der Waals surface area contributed by atoms with Crippen molar-refractivity contribution in [3.05, 3.63) is 54.7 Å². The summed E-state index contributed by atoms with van der Waals surface area (Å²) in [5.41, 5.74) is 3.86. The molecule has 10 nitrogen and oxygen atoms in total. The molecule has 2 aromatic carbocycles. The lowest BCUT2D eigenvalue weighted by Crippen LogP contribution is -2.19. The van der Waals surface area contributed by atoms with Crippen LogP contribution in [0.15, 0.2) is 54.7 Å². The zero-order valence-corrected chi connectivity index (χ0v) is 16.2. The van der Waals surface area contributed by atoms with E-state index in [0.717, 1.165) is 35.5 Å². The van der Waals surface area contributed by atoms with Gasteiger partial charge in [-0.05, 0) is 59.7 Å². The maximum absolute atomic E-state index is 12.4. The number of aromatic nitrogens is 7. The third kappa shape index (κ3) is 3.75. The van der Waals surface area contributed by atoms with Gasteiger partial charge >= 0.3 is 6.03 Å². The number of rotatable bonds is 5. The van der Waals surface area contributed by atoms with E-state index in [1.54, 1.807) is 4.68 Å². The Labute approximate surface area is 171 Å². The Hall–Kier alpha value is -4.08. The molecule has 1 fully saturated rings. The second-order valence-corrected chi connectivity index (χ2v) is 7.19. The molecule has 2 amide bonds. The fourth-order valence-electron chi connectivity index (χ4n) is 3.18. The number of nitrogens with one attached hydrogen (secondary N) is 2. The number of carbonyl (C=O) groups is 1. The van der Waals surface area contributed by atoms with E-state index in [9.17, 15) is 4.79 Å². The zero-order valence-electron chi connectivity index (χ0n) is 16.2. The molecular formula is C20H19N9O. The number of amides is 2. The van der Waals surface area contributed by atoms with Crippen LogP contribution in [0.2, 0.25) is 0 Å². The molecule has 30 heavy (non-hydrogen) atoms. The average molecular weight is 401 g/mol. The fourth-order valence-corrected chi connectivity index (χ4v) is 3.18. The van der Waals surface area contributed by atoms with Gasteiger partial charge in [0.1, 0.15) is 5.69 Å². The number of urea groups is 1. The average Bonchev–Trinajstić information content (AvgIpc) is 3.30. The van der Waals surface area contributed by atoms with Gasteiger partial charge in [0.25, 0.3) is 0 Å². The molecule has 2 heterocycles. The number of benzene rings is 2. The molecular weight excluding hydrogens is 382 g/mol. The van der Waals surface area contributed by atoms with Crippen LogP contribution in [0.5, 0.6) is 0 Å². The molecule has 0 saturated heterocycles. The van der Waals surface area contributed by atoms with Gasteiger partial charge in [-0.1, -0.05) is 17.3 Å². The van der Waals surface area contributed by atoms with Gasteiger partial charge in [0.2, 0.25) is 0 Å². The van der Waals surface area contributed by atoms with Crippen molar-refractivity contribution in [2.75, 3.05) is 10.6 Å². The van der Waals surface area contributed by atoms with Crippen LogP contribution in [0.25, 0.3) is 22.6 Å². The highest BCUT2D eigenvalue weighted by Gasteiger charge is 2.28. The molecule has 0 atom stereocenters. The summed E-state index contributed by atoms with van der Waals surface area (Å²) in [6.45, 7) is 0. The molecule has 150 valence electrons. The summed E-state index contributed by atoms with van der Waals surface area (Å²) in [6.07, 6.45) is 4.03. The maximum atomic E-state index is 12.4. The standard InChI is InChI=1S/C20H19N9O/c1-28-12-18(23-26-28)14-3-2-4-16(11-14)22-20(30)21-15-7-5-13(6-8-15)19-24-25-27-29(19)17-9-10-17/h2-8,11-12,17H,9-10H2,1H3,(H2,21,22,30). The molecule has 0 radical (unpaired) electrons. The molecule has 1 aliphatic carbocycles. The summed E-state index contributed by atoms with van der Waals surface area (Å²) >= 11 is 0. The van der Waals surface area contributed by atoms with Crippen LogP contribution in [0.4, 0.5) is 16.2 Å². The number of tetrazole rings is 1. The van der Waals surface area contributed by atoms with Crippen molar-refractivity contribution in [1.82, 2.24) is 35.2 Å². The minimum Gasteiger partial charge on any atom is -0.308 e. The summed E-state index contributed by atoms with van der Waals surface area (Å²) in [7, 11) is 1.81. The Morgan fingerprint density at radius 3 is 2.50 bits per heavy atom. The van der Waals surface area contributed by atoms with E-state index in [4.69, 9.17) is 0 Å². The highest BCUT2D eigenvalue weighted by molar-refractivity contribution is 6.00. The Balaban J connectivity index is 1.25. The summed E-state index contributed by atoms with van der Waals surface area (Å²) < 4.78 is 3.49. The predicted molar refractivity (Wildman–Crippen MR) is 111 cm³/mol. The van der Waals surface area contributed by atoms with Crippen molar-refractivity contribution < 1.29 is 4.79 Å². The lowest BCUT2D eigenvalue weighted by Gasteiger charge is -2.09. The third-order valence-electron chi connectivity index (χ3n) is 4.81. The number of aryl methyl sites for hydroxylation is 1. The number of nitrogens with zero attached hydrogens (tertiary/aromatic N) is 7. The molecule has 10 heteroatoms. The van der Waals surface area contributed by atoms with Gasteiger partial charge in [0, 0.05) is 29.5 Å². The third-order valence-corrected chi connectivity index (χ3v) is 4.81. The fraction of sp³-hybridized carbons (Fsp3) is 0.200. The molecule has 2 aromatic heterocycles. The minimum absolute atomic E-state index is 0.332. The van der Waals surface area contributed by atoms with Crippen LogP contribution in [0, 0.1) is 0 Å². The van der Waals surface area contributed by atoms with Crippen molar-refractivity contribution in [2.45, 2.75) is 18.9 Å². The molecule has 4 aromatic rings. The van der Waals surface area contributed by atoms with Crippen molar-refractivity contribution in [1.29, 1.82) is 0 Å². The molecule has 0 spiro atoms. The second kappa shape index (κ2) is 7.39. The van der Waals surface area contributed by atoms with Gasteiger partial charge < -0.3 is 10.6 Å². The summed E-state index contributed by atoms with van der Waals surface area (Å²) in [4.78, 5) is 12.4. The van der Waals surface area contributed by atoms with E-state index in [1.165, 1.54) is 0 Å². The molecule has 0 unspecified atom stereocenters. The topological polar surface area (TPSA) is 115 Å². The van der Waals surface area contributed by atoms with Gasteiger partial charge in [0.15, 0.2) is 5.82 Å². The molecule has 1 aliphatic rings. The quantitative estimate of drug-likeness (QED) is 0.531. The van der Waals surface area contributed by atoms with Crippen molar-refractivity contribution in [3.8, 4) is 22.6 Å². The Kier molecular flexibility index (Phi) is 4.43. The zero-order chi connectivity index (χ0) is 20.5. The normalized spacial score (nSPS) is 13.2. The minimum atomic E-state index is -0.332. The van der Waals surface area contributed by atoms with Crippen molar-refractivity contribution >= 4 is 17.4 Å². The first-order valence-corrected chi connectivity index (χ1v) is 9.59. The van der Waals surface area contributed by atoms with Crippen LogP contribution in [0.3, 0.4) is 0 Å². The van der Waals surface area contributed by atoms with Crippen LogP contribution in [-0.2, 0) is 7.05 Å². The molecule has 0 bridgehead atoms. The van der Waals surface area contributed by atoms with Gasteiger partial charge in [-0.2, -0.15) is 0 Å². The van der Waals surface area contributed by atoms with Crippen molar-refractivity contribution in [3.63, 3.8) is 0 Å². The smallest absolute Gasteiger partial charge is 0.308 e. The Morgan fingerprint density at radius 2 is 1.77 bits per heavy atom. The molecule has 5 rings (SSSR count). The van der Waals surface area contributed by atoms with Gasteiger partial charge in [-0.15, -0.1) is 10.2 Å². The number of hydrogen-bond donors (Lipinski definition) is 2. The predicted octanol–water partition coefficient (Wildman–Crippen LogP) is 3.11. The van der Waals surface area contributed by atoms with Crippen LogP contribution in [0.1, 0.15) is 18.9 Å². The van der Waals surface area contributed by atoms with Crippen molar-refractivity contribution in [2.24, 2.45) is 7.05 Å². The first-order valence-electron chi connectivity index (χ1n) is 9.59. The van der Waals surface area contributed by atoms with E-state index in [2.05, 4.69) is 36.5 Å². The molecule has 2 N–H and O–H groups in total. The van der Waals surface area contributed by atoms with Gasteiger partial charge in [0.05, 0.1) is 12.2 Å². The van der Waals surface area contributed by atoms with E-state index in [1.807, 2.05) is 66.5 Å². The highest BCUT2D eigenvalue weighted by atomic mass is 16.2. The van der Waals surface area contributed by atoms with E-state index >= 15 is 0 Å². The Morgan fingerprint density at radius 1 is 0.967 bits per heavy atom. The summed E-state index contributed by atoms with van der Waals surface area (Å²) in [6, 6.07) is 15.0. The maximum Gasteiger partial charge on any atom is 0.323 e. The van der Waals surface area contributed by atoms with Gasteiger partial charge in [-0.25, -0.2) is 9.48 Å². The lowest BCUT2D eigenvalue weighted by molar-refractivity contribution is 0.262. The second-order valence-electron chi connectivity index (χ2n) is 7.19. The first-order chi connectivity index (χ1) is 14.7.